The fourth-order valence-electron chi connectivity index (χ4n) is 7.19. The lowest BCUT2D eigenvalue weighted by Crippen LogP contribution is -2.19. The molecule has 2 aromatic carbocycles. The standard InChI is InChI=1S/C32H32F3NO7/c1-13-7-6-8-14(18-11-21(37)26-24(23(13)18)25(31(39)43-5)30(36-26)32(33,34)35)27(38)19-10-20-17(15-9-16(15)19)12-22(40-2)29(42-4)28(20)41-3/h10-16,36-37H,6-9H2,1-5H3. The van der Waals surface area contributed by atoms with E-state index in [9.17, 15) is 27.9 Å². The van der Waals surface area contributed by atoms with Gasteiger partial charge < -0.3 is 29.0 Å². The Morgan fingerprint density at radius 3 is 2.33 bits per heavy atom. The molecule has 4 atom stereocenters. The second-order valence-corrected chi connectivity index (χ2v) is 11.5. The average Bonchev–Trinajstić information content (AvgIpc) is 3.71. The number of phenolic OH excluding ortho intramolecular Hbond substituents is 1. The molecule has 0 radical (unpaired) electrons. The van der Waals surface area contributed by atoms with E-state index >= 15 is 0 Å². The molecule has 0 aliphatic heterocycles. The molecule has 3 aliphatic carbocycles. The van der Waals surface area contributed by atoms with E-state index in [0.717, 1.165) is 24.7 Å². The van der Waals surface area contributed by atoms with Crippen molar-refractivity contribution in [3.63, 3.8) is 0 Å². The molecule has 43 heavy (non-hydrogen) atoms. The maximum atomic E-state index is 14.5. The van der Waals surface area contributed by atoms with E-state index in [1.165, 1.54) is 20.3 Å². The molecule has 0 amide bonds. The van der Waals surface area contributed by atoms with Gasteiger partial charge in [0.15, 0.2) is 17.3 Å². The number of aromatic hydroxyl groups is 1. The number of methoxy groups -OCH3 is 4. The molecule has 0 saturated heterocycles. The number of Topliss-reactive ketones (excluding diaryl/α,β-unsaturated/α-hetero) is 1. The van der Waals surface area contributed by atoms with Gasteiger partial charge in [0.25, 0.3) is 0 Å². The third kappa shape index (κ3) is 4.34. The average molecular weight is 600 g/mol. The van der Waals surface area contributed by atoms with Gasteiger partial charge in [-0.2, -0.15) is 13.2 Å². The van der Waals surface area contributed by atoms with Crippen LogP contribution in [0.25, 0.3) is 17.0 Å². The molecule has 6 rings (SSSR count). The smallest absolute Gasteiger partial charge is 0.432 e. The van der Waals surface area contributed by atoms with Gasteiger partial charge in [-0.1, -0.05) is 13.3 Å². The van der Waals surface area contributed by atoms with Gasteiger partial charge in [-0.05, 0) is 71.9 Å². The molecule has 1 heterocycles. The summed E-state index contributed by atoms with van der Waals surface area (Å²) in [5.74, 6) is -1.36. The van der Waals surface area contributed by atoms with Gasteiger partial charge >= 0.3 is 12.1 Å². The summed E-state index contributed by atoms with van der Waals surface area (Å²) in [6, 6.07) is 3.30. The van der Waals surface area contributed by atoms with E-state index in [0.29, 0.717) is 53.2 Å². The molecule has 1 aromatic heterocycles. The van der Waals surface area contributed by atoms with E-state index < -0.39 is 35.1 Å². The minimum absolute atomic E-state index is 0.0287. The monoisotopic (exact) mass is 599 g/mol. The van der Waals surface area contributed by atoms with Gasteiger partial charge in [-0.15, -0.1) is 0 Å². The summed E-state index contributed by atoms with van der Waals surface area (Å²) in [4.78, 5) is 29.5. The maximum Gasteiger partial charge on any atom is 0.432 e. The molecule has 1 fully saturated rings. The van der Waals surface area contributed by atoms with Crippen molar-refractivity contribution in [2.24, 2.45) is 5.92 Å². The topological polar surface area (TPSA) is 107 Å². The van der Waals surface area contributed by atoms with Crippen LogP contribution in [-0.4, -0.2) is 50.3 Å². The van der Waals surface area contributed by atoms with Crippen molar-refractivity contribution in [3.05, 3.63) is 51.2 Å². The summed E-state index contributed by atoms with van der Waals surface area (Å²) in [5, 5.41) is 11.0. The number of halogens is 3. The number of carbonyl (C=O) groups excluding carboxylic acids is 2. The highest BCUT2D eigenvalue weighted by molar-refractivity contribution is 6.11. The maximum absolute atomic E-state index is 14.5. The number of esters is 1. The molecular weight excluding hydrogens is 567 g/mol. The number of ketones is 1. The summed E-state index contributed by atoms with van der Waals surface area (Å²) in [7, 11) is 5.59. The fraction of sp³-hybridized carbons (Fsp3) is 0.438. The minimum atomic E-state index is -4.91. The van der Waals surface area contributed by atoms with Crippen molar-refractivity contribution >= 4 is 28.7 Å². The summed E-state index contributed by atoms with van der Waals surface area (Å²) < 4.78 is 63.9. The second-order valence-electron chi connectivity index (χ2n) is 11.5. The molecule has 3 aliphatic rings. The van der Waals surface area contributed by atoms with Crippen molar-refractivity contribution in [2.75, 3.05) is 28.4 Å². The lowest BCUT2D eigenvalue weighted by atomic mass is 9.79. The zero-order valence-corrected chi connectivity index (χ0v) is 24.4. The summed E-state index contributed by atoms with van der Waals surface area (Å²) >= 11 is 0. The van der Waals surface area contributed by atoms with E-state index in [1.54, 1.807) is 7.11 Å². The largest absolute Gasteiger partial charge is 0.506 e. The molecule has 0 bridgehead atoms. The number of hydrogen-bond acceptors (Lipinski definition) is 7. The number of aromatic amines is 1. The van der Waals surface area contributed by atoms with E-state index in [1.807, 2.05) is 19.1 Å². The number of benzene rings is 2. The summed E-state index contributed by atoms with van der Waals surface area (Å²) in [5.41, 5.74) is 1.04. The highest BCUT2D eigenvalue weighted by Crippen LogP contribution is 2.61. The first-order valence-electron chi connectivity index (χ1n) is 14.1. The zero-order chi connectivity index (χ0) is 31.0. The number of hydrogen-bond donors (Lipinski definition) is 2. The Morgan fingerprint density at radius 1 is 0.977 bits per heavy atom. The van der Waals surface area contributed by atoms with Crippen LogP contribution < -0.4 is 14.2 Å². The number of carbonyl (C=O) groups is 2. The quantitative estimate of drug-likeness (QED) is 0.236. The molecule has 2 N–H and O–H groups in total. The number of ether oxygens (including phenoxy) is 4. The van der Waals surface area contributed by atoms with Gasteiger partial charge in [-0.3, -0.25) is 4.79 Å². The highest BCUT2D eigenvalue weighted by atomic mass is 19.4. The Bertz CT molecular complexity index is 1700. The van der Waals surface area contributed by atoms with E-state index in [2.05, 4.69) is 4.98 Å². The summed E-state index contributed by atoms with van der Waals surface area (Å²) in [6.07, 6.45) is -0.669. The van der Waals surface area contributed by atoms with Crippen LogP contribution in [0.3, 0.4) is 0 Å². The van der Waals surface area contributed by atoms with Crippen LogP contribution in [0.4, 0.5) is 13.2 Å². The number of H-pyrrole nitrogens is 1. The normalized spacial score (nSPS) is 22.5. The predicted octanol–water partition coefficient (Wildman–Crippen LogP) is 6.85. The molecule has 1 saturated carbocycles. The number of nitrogens with one attached hydrogen (secondary N) is 1. The summed E-state index contributed by atoms with van der Waals surface area (Å²) in [6.45, 7) is 1.86. The number of aromatic nitrogens is 1. The van der Waals surface area contributed by atoms with Gasteiger partial charge in [0.2, 0.25) is 5.75 Å². The Balaban J connectivity index is 1.55. The number of fused-ring (bicyclic) bond motifs is 6. The minimum Gasteiger partial charge on any atom is -0.506 e. The van der Waals surface area contributed by atoms with Crippen molar-refractivity contribution in [1.82, 2.24) is 4.98 Å². The lowest BCUT2D eigenvalue weighted by molar-refractivity contribution is -0.141. The van der Waals surface area contributed by atoms with Gasteiger partial charge in [0.1, 0.15) is 11.4 Å². The first kappa shape index (κ1) is 28.9. The zero-order valence-electron chi connectivity index (χ0n) is 24.4. The van der Waals surface area contributed by atoms with E-state index in [4.69, 9.17) is 18.9 Å². The van der Waals surface area contributed by atoms with Gasteiger partial charge in [0.05, 0.1) is 39.5 Å². The van der Waals surface area contributed by atoms with Gasteiger partial charge in [0, 0.05) is 22.4 Å². The van der Waals surface area contributed by atoms with Crippen LogP contribution in [0, 0.1) is 5.92 Å². The molecular formula is C32H32F3NO7. The number of alkyl halides is 3. The third-order valence-electron chi connectivity index (χ3n) is 9.19. The van der Waals surface area contributed by atoms with Crippen LogP contribution >= 0.6 is 0 Å². The first-order valence-corrected chi connectivity index (χ1v) is 14.1. The fourth-order valence-corrected chi connectivity index (χ4v) is 7.19. The van der Waals surface area contributed by atoms with E-state index in [-0.39, 0.29) is 34.4 Å². The molecule has 4 unspecified atom stereocenters. The number of phenols is 1. The first-order chi connectivity index (χ1) is 20.5. The van der Waals surface area contributed by atoms with Crippen LogP contribution in [0.1, 0.15) is 88.7 Å². The molecule has 228 valence electrons. The van der Waals surface area contributed by atoms with Crippen molar-refractivity contribution in [3.8, 4) is 23.0 Å². The number of rotatable bonds is 6. The molecule has 0 spiro atoms. The SMILES string of the molecule is COC(=O)c1c(C(F)(F)F)[nH]c2c(O)cc3c(c12)C(C)CCCC3C(=O)C1=Cc2c(cc(OC)c(OC)c2OC)C2CC12. The Kier molecular flexibility index (Phi) is 6.89. The van der Waals surface area contributed by atoms with Crippen molar-refractivity contribution in [1.29, 1.82) is 0 Å². The van der Waals surface area contributed by atoms with Crippen LogP contribution in [0.2, 0.25) is 0 Å². The Hall–Kier alpha value is -4.15. The second kappa shape index (κ2) is 10.2. The Morgan fingerprint density at radius 2 is 1.70 bits per heavy atom. The highest BCUT2D eigenvalue weighted by Gasteiger charge is 2.50. The van der Waals surface area contributed by atoms with Crippen LogP contribution in [-0.2, 0) is 15.7 Å². The van der Waals surface area contributed by atoms with Crippen molar-refractivity contribution < 1.29 is 46.8 Å². The lowest BCUT2D eigenvalue weighted by Gasteiger charge is -2.25. The third-order valence-corrected chi connectivity index (χ3v) is 9.19. The Labute approximate surface area is 245 Å². The van der Waals surface area contributed by atoms with Crippen molar-refractivity contribution in [2.45, 2.75) is 56.5 Å². The number of allylic oxidation sites excluding steroid dienone is 1. The van der Waals surface area contributed by atoms with Gasteiger partial charge in [-0.25, -0.2) is 4.79 Å². The molecule has 8 nitrogen and oxygen atoms in total. The van der Waals surface area contributed by atoms with Crippen LogP contribution in [0.15, 0.2) is 17.7 Å². The predicted molar refractivity (Wildman–Crippen MR) is 151 cm³/mol. The molecule has 11 heteroatoms. The molecule has 3 aromatic rings. The van der Waals surface area contributed by atoms with Crippen LogP contribution in [0.5, 0.6) is 23.0 Å².